The van der Waals surface area contributed by atoms with Gasteiger partial charge >= 0.3 is 0 Å². The van der Waals surface area contributed by atoms with Gasteiger partial charge in [0.25, 0.3) is 0 Å². The summed E-state index contributed by atoms with van der Waals surface area (Å²) >= 11 is 3.55. The van der Waals surface area contributed by atoms with Crippen molar-refractivity contribution in [3.63, 3.8) is 0 Å². The van der Waals surface area contributed by atoms with Crippen molar-refractivity contribution in [2.75, 3.05) is 4.90 Å². The van der Waals surface area contributed by atoms with Crippen LogP contribution in [-0.2, 0) is 0 Å². The zero-order valence-corrected chi connectivity index (χ0v) is 18.8. The lowest BCUT2D eigenvalue weighted by atomic mass is 10.0. The summed E-state index contributed by atoms with van der Waals surface area (Å²) in [5.74, 6) is 0. The Morgan fingerprint density at radius 1 is 0.562 bits per heavy atom. The van der Waals surface area contributed by atoms with Crippen molar-refractivity contribution in [1.82, 2.24) is 0 Å². The Morgan fingerprint density at radius 3 is 1.78 bits per heavy atom. The lowest BCUT2D eigenvalue weighted by Gasteiger charge is -2.27. The highest BCUT2D eigenvalue weighted by Crippen LogP contribution is 2.40. The van der Waals surface area contributed by atoms with E-state index in [0.717, 1.165) is 32.3 Å². The van der Waals surface area contributed by atoms with E-state index >= 15 is 0 Å². The van der Waals surface area contributed by atoms with E-state index in [4.69, 9.17) is 0 Å². The minimum absolute atomic E-state index is 0.680. The van der Waals surface area contributed by atoms with Crippen molar-refractivity contribution in [2.24, 2.45) is 0 Å². The normalized spacial score (nSPS) is 10.6. The molecule has 32 heavy (non-hydrogen) atoms. The Hall–Kier alpha value is -3.87. The second kappa shape index (κ2) is 8.70. The maximum Gasteiger partial charge on any atom is 0.0998 e. The molecule has 5 aromatic carbocycles. The molecule has 0 aliphatic carbocycles. The summed E-state index contributed by atoms with van der Waals surface area (Å²) < 4.78 is 1.03. The first kappa shape index (κ1) is 20.1. The van der Waals surface area contributed by atoms with Crippen LogP contribution in [0.4, 0.5) is 17.1 Å². The quantitative estimate of drug-likeness (QED) is 0.260. The standard InChI is InChI=1S/C29H19BrN2/c30-24-13-17-26(18-14-24)32(25-15-10-22(11-16-25)21-6-2-1-3-7-21)29-19-12-23(20-31)27-8-4-5-9-28(27)29/h1-19H. The van der Waals surface area contributed by atoms with Gasteiger partial charge in [0, 0.05) is 26.6 Å². The predicted octanol–water partition coefficient (Wildman–Crippen LogP) is 8.61. The Bertz CT molecular complexity index is 1420. The summed E-state index contributed by atoms with van der Waals surface area (Å²) in [6.45, 7) is 0. The average molecular weight is 475 g/mol. The van der Waals surface area contributed by atoms with Gasteiger partial charge in [0.05, 0.1) is 17.3 Å². The number of hydrogen-bond donors (Lipinski definition) is 0. The first-order valence-electron chi connectivity index (χ1n) is 10.4. The molecule has 0 spiro atoms. The molecule has 2 nitrogen and oxygen atoms in total. The Kier molecular flexibility index (Phi) is 5.46. The van der Waals surface area contributed by atoms with E-state index in [1.165, 1.54) is 11.1 Å². The number of fused-ring (bicyclic) bond motifs is 1. The zero-order chi connectivity index (χ0) is 21.9. The highest BCUT2D eigenvalue weighted by atomic mass is 79.9. The molecule has 0 heterocycles. The summed E-state index contributed by atoms with van der Waals surface area (Å²) in [4.78, 5) is 2.24. The highest BCUT2D eigenvalue weighted by molar-refractivity contribution is 9.10. The topological polar surface area (TPSA) is 27.0 Å². The minimum atomic E-state index is 0.680. The Balaban J connectivity index is 1.69. The highest BCUT2D eigenvalue weighted by Gasteiger charge is 2.16. The van der Waals surface area contributed by atoms with Crippen LogP contribution in [0, 0.1) is 11.3 Å². The molecule has 0 atom stereocenters. The molecule has 0 fully saturated rings. The van der Waals surface area contributed by atoms with E-state index in [1.807, 2.05) is 48.5 Å². The van der Waals surface area contributed by atoms with Gasteiger partial charge in [-0.2, -0.15) is 5.26 Å². The van der Waals surface area contributed by atoms with Crippen LogP contribution in [0.1, 0.15) is 5.56 Å². The third kappa shape index (κ3) is 3.77. The molecule has 0 aromatic heterocycles. The number of rotatable bonds is 4. The summed E-state index contributed by atoms with van der Waals surface area (Å²) in [6, 6.07) is 41.6. The molecular formula is C29H19BrN2. The van der Waals surface area contributed by atoms with Crippen molar-refractivity contribution >= 4 is 43.8 Å². The van der Waals surface area contributed by atoms with Gasteiger partial charge in [0.1, 0.15) is 0 Å². The fourth-order valence-electron chi connectivity index (χ4n) is 4.03. The van der Waals surface area contributed by atoms with Gasteiger partial charge in [0.15, 0.2) is 0 Å². The fraction of sp³-hybridized carbons (Fsp3) is 0. The molecule has 0 saturated carbocycles. The smallest absolute Gasteiger partial charge is 0.0998 e. The first-order valence-corrected chi connectivity index (χ1v) is 11.2. The van der Waals surface area contributed by atoms with Crippen molar-refractivity contribution in [3.8, 4) is 17.2 Å². The first-order chi connectivity index (χ1) is 15.7. The molecule has 5 aromatic rings. The number of anilines is 3. The number of hydrogen-bond acceptors (Lipinski definition) is 2. The van der Waals surface area contributed by atoms with E-state index in [1.54, 1.807) is 0 Å². The van der Waals surface area contributed by atoms with Gasteiger partial charge in [-0.3, -0.25) is 0 Å². The molecule has 0 radical (unpaired) electrons. The van der Waals surface area contributed by atoms with Gasteiger partial charge in [-0.05, 0) is 59.7 Å². The summed E-state index contributed by atoms with van der Waals surface area (Å²) in [6.07, 6.45) is 0. The van der Waals surface area contributed by atoms with Gasteiger partial charge in [-0.15, -0.1) is 0 Å². The van der Waals surface area contributed by atoms with E-state index in [-0.39, 0.29) is 0 Å². The largest absolute Gasteiger partial charge is 0.310 e. The van der Waals surface area contributed by atoms with Crippen molar-refractivity contribution in [2.45, 2.75) is 0 Å². The molecule has 5 rings (SSSR count). The van der Waals surface area contributed by atoms with Crippen molar-refractivity contribution in [3.05, 3.63) is 125 Å². The lowest BCUT2D eigenvalue weighted by molar-refractivity contribution is 1.29. The van der Waals surface area contributed by atoms with Gasteiger partial charge < -0.3 is 4.90 Å². The molecule has 0 bridgehead atoms. The summed E-state index contributed by atoms with van der Waals surface area (Å²) in [5, 5.41) is 11.6. The summed E-state index contributed by atoms with van der Waals surface area (Å²) in [7, 11) is 0. The molecule has 0 aliphatic rings. The molecule has 0 amide bonds. The van der Waals surface area contributed by atoms with Crippen LogP contribution in [0.5, 0.6) is 0 Å². The van der Waals surface area contributed by atoms with E-state index in [9.17, 15) is 5.26 Å². The zero-order valence-electron chi connectivity index (χ0n) is 17.2. The van der Waals surface area contributed by atoms with Crippen LogP contribution in [-0.4, -0.2) is 0 Å². The minimum Gasteiger partial charge on any atom is -0.310 e. The Morgan fingerprint density at radius 2 is 1.12 bits per heavy atom. The third-order valence-electron chi connectivity index (χ3n) is 5.58. The fourth-order valence-corrected chi connectivity index (χ4v) is 4.29. The van der Waals surface area contributed by atoms with E-state index in [0.29, 0.717) is 5.56 Å². The SMILES string of the molecule is N#Cc1ccc(N(c2ccc(Br)cc2)c2ccc(-c3ccccc3)cc2)c2ccccc12. The maximum absolute atomic E-state index is 9.60. The van der Waals surface area contributed by atoms with Crippen LogP contribution in [0.25, 0.3) is 21.9 Å². The monoisotopic (exact) mass is 474 g/mol. The number of nitrogens with zero attached hydrogens (tertiary/aromatic N) is 2. The summed E-state index contributed by atoms with van der Waals surface area (Å²) in [5.41, 5.74) is 6.19. The van der Waals surface area contributed by atoms with Gasteiger partial charge in [-0.1, -0.05) is 82.7 Å². The van der Waals surface area contributed by atoms with Crippen LogP contribution in [0.2, 0.25) is 0 Å². The van der Waals surface area contributed by atoms with Crippen LogP contribution < -0.4 is 4.90 Å². The molecule has 0 saturated heterocycles. The van der Waals surface area contributed by atoms with E-state index < -0.39 is 0 Å². The molecule has 0 N–H and O–H groups in total. The van der Waals surface area contributed by atoms with Crippen LogP contribution >= 0.6 is 15.9 Å². The predicted molar refractivity (Wildman–Crippen MR) is 136 cm³/mol. The molecular weight excluding hydrogens is 456 g/mol. The molecule has 3 heteroatoms. The third-order valence-corrected chi connectivity index (χ3v) is 6.11. The number of nitriles is 1. The van der Waals surface area contributed by atoms with Crippen LogP contribution in [0.15, 0.2) is 120 Å². The van der Waals surface area contributed by atoms with Crippen molar-refractivity contribution < 1.29 is 0 Å². The maximum atomic E-state index is 9.60. The second-order valence-corrected chi connectivity index (χ2v) is 8.43. The molecule has 0 aliphatic heterocycles. The molecule has 0 unspecified atom stereocenters. The van der Waals surface area contributed by atoms with Crippen molar-refractivity contribution in [1.29, 1.82) is 5.26 Å². The van der Waals surface area contributed by atoms with Crippen LogP contribution in [0.3, 0.4) is 0 Å². The lowest BCUT2D eigenvalue weighted by Crippen LogP contribution is -2.10. The number of halogens is 1. The average Bonchev–Trinajstić information content (AvgIpc) is 2.86. The van der Waals surface area contributed by atoms with Gasteiger partial charge in [-0.25, -0.2) is 0 Å². The number of benzene rings is 5. The molecule has 152 valence electrons. The van der Waals surface area contributed by atoms with E-state index in [2.05, 4.69) is 93.6 Å². The Labute approximate surface area is 196 Å². The van der Waals surface area contributed by atoms with Gasteiger partial charge in [0.2, 0.25) is 0 Å². The second-order valence-electron chi connectivity index (χ2n) is 7.51.